The maximum atomic E-state index is 12.8. The standard InChI is InChI=1S/C19H20ClN5O3S/c1-13(2)23-11-18(21-12-23)29(27,28)24-9-16(10-24)25-19(26)8-7-17(22-25)14-3-5-15(20)6-4-14/h3-8,11-13,16H,9-10H2,1-2H3. The third-order valence-electron chi connectivity index (χ3n) is 4.92. The number of rotatable bonds is 5. The average molecular weight is 434 g/mol. The highest BCUT2D eigenvalue weighted by Gasteiger charge is 2.40. The molecule has 0 unspecified atom stereocenters. The topological polar surface area (TPSA) is 90.1 Å². The second kappa shape index (κ2) is 7.40. The van der Waals surface area contributed by atoms with Crippen LogP contribution in [0.3, 0.4) is 0 Å². The third kappa shape index (κ3) is 3.73. The lowest BCUT2D eigenvalue weighted by molar-refractivity contribution is 0.185. The van der Waals surface area contributed by atoms with Crippen molar-refractivity contribution in [2.45, 2.75) is 31.0 Å². The summed E-state index contributed by atoms with van der Waals surface area (Å²) < 4.78 is 29.9. The molecule has 152 valence electrons. The van der Waals surface area contributed by atoms with Gasteiger partial charge in [-0.25, -0.2) is 18.1 Å². The fourth-order valence-corrected chi connectivity index (χ4v) is 4.66. The molecule has 1 aliphatic rings. The van der Waals surface area contributed by atoms with E-state index in [1.807, 2.05) is 26.0 Å². The summed E-state index contributed by atoms with van der Waals surface area (Å²) in [6, 6.07) is 10.0. The minimum Gasteiger partial charge on any atom is -0.334 e. The Kier molecular flexibility index (Phi) is 5.05. The van der Waals surface area contributed by atoms with Gasteiger partial charge in [0.2, 0.25) is 0 Å². The Morgan fingerprint density at radius 1 is 1.10 bits per heavy atom. The van der Waals surface area contributed by atoms with Crippen molar-refractivity contribution in [1.29, 1.82) is 0 Å². The van der Waals surface area contributed by atoms with Crippen LogP contribution < -0.4 is 5.56 Å². The van der Waals surface area contributed by atoms with Crippen LogP contribution in [0.4, 0.5) is 0 Å². The van der Waals surface area contributed by atoms with Gasteiger partial charge in [-0.2, -0.15) is 9.40 Å². The second-order valence-electron chi connectivity index (χ2n) is 7.24. The maximum Gasteiger partial charge on any atom is 0.267 e. The van der Waals surface area contributed by atoms with E-state index in [1.54, 1.807) is 22.8 Å². The first-order valence-electron chi connectivity index (χ1n) is 9.15. The zero-order valence-electron chi connectivity index (χ0n) is 15.9. The summed E-state index contributed by atoms with van der Waals surface area (Å²) in [5.41, 5.74) is 1.18. The van der Waals surface area contributed by atoms with Crippen LogP contribution in [0.2, 0.25) is 5.02 Å². The zero-order chi connectivity index (χ0) is 20.8. The molecule has 1 aliphatic heterocycles. The van der Waals surface area contributed by atoms with Gasteiger partial charge in [-0.3, -0.25) is 4.79 Å². The summed E-state index contributed by atoms with van der Waals surface area (Å²) in [5.74, 6) is 0. The minimum absolute atomic E-state index is 0.0138. The van der Waals surface area contributed by atoms with Gasteiger partial charge >= 0.3 is 0 Å². The van der Waals surface area contributed by atoms with E-state index in [9.17, 15) is 13.2 Å². The van der Waals surface area contributed by atoms with E-state index >= 15 is 0 Å². The van der Waals surface area contributed by atoms with Gasteiger partial charge in [0.15, 0.2) is 5.03 Å². The molecule has 2 aromatic heterocycles. The van der Waals surface area contributed by atoms with Gasteiger partial charge in [0.1, 0.15) is 0 Å². The molecule has 0 aliphatic carbocycles. The Bertz CT molecular complexity index is 1200. The Hall–Kier alpha value is -2.49. The number of imidazole rings is 1. The molecule has 0 radical (unpaired) electrons. The molecule has 1 saturated heterocycles. The van der Waals surface area contributed by atoms with Gasteiger partial charge in [0, 0.05) is 42.0 Å². The zero-order valence-corrected chi connectivity index (χ0v) is 17.5. The maximum absolute atomic E-state index is 12.8. The predicted octanol–water partition coefficient (Wildman–Crippen LogP) is 2.59. The minimum atomic E-state index is -3.69. The quantitative estimate of drug-likeness (QED) is 0.616. The normalized spacial score (nSPS) is 15.6. The molecule has 0 saturated carbocycles. The molecular weight excluding hydrogens is 414 g/mol. The van der Waals surface area contributed by atoms with E-state index in [0.717, 1.165) is 5.56 Å². The van der Waals surface area contributed by atoms with E-state index in [1.165, 1.54) is 27.6 Å². The van der Waals surface area contributed by atoms with E-state index in [4.69, 9.17) is 11.6 Å². The van der Waals surface area contributed by atoms with Crippen molar-refractivity contribution in [1.82, 2.24) is 23.6 Å². The van der Waals surface area contributed by atoms with Gasteiger partial charge in [0.25, 0.3) is 15.6 Å². The number of benzene rings is 1. The molecule has 0 bridgehead atoms. The van der Waals surface area contributed by atoms with Crippen LogP contribution >= 0.6 is 11.6 Å². The van der Waals surface area contributed by atoms with Crippen molar-refractivity contribution in [2.75, 3.05) is 13.1 Å². The van der Waals surface area contributed by atoms with Crippen molar-refractivity contribution in [3.8, 4) is 11.3 Å². The first kappa shape index (κ1) is 19.8. The van der Waals surface area contributed by atoms with E-state index < -0.39 is 10.0 Å². The number of aromatic nitrogens is 4. The van der Waals surface area contributed by atoms with Crippen LogP contribution in [0.5, 0.6) is 0 Å². The molecule has 1 fully saturated rings. The van der Waals surface area contributed by atoms with Crippen molar-refractivity contribution < 1.29 is 8.42 Å². The number of nitrogens with zero attached hydrogens (tertiary/aromatic N) is 5. The average Bonchev–Trinajstić information content (AvgIpc) is 3.14. The van der Waals surface area contributed by atoms with Crippen molar-refractivity contribution in [3.05, 3.63) is 64.3 Å². The van der Waals surface area contributed by atoms with Crippen molar-refractivity contribution >= 4 is 21.6 Å². The molecular formula is C19H20ClN5O3S. The highest BCUT2D eigenvalue weighted by molar-refractivity contribution is 7.89. The fraction of sp³-hybridized carbons (Fsp3) is 0.316. The summed E-state index contributed by atoms with van der Waals surface area (Å²) in [6.07, 6.45) is 3.04. The van der Waals surface area contributed by atoms with Gasteiger partial charge in [0.05, 0.1) is 18.1 Å². The molecule has 0 atom stereocenters. The van der Waals surface area contributed by atoms with Gasteiger partial charge in [-0.05, 0) is 32.0 Å². The summed E-state index contributed by atoms with van der Waals surface area (Å²) in [6.45, 7) is 4.24. The summed E-state index contributed by atoms with van der Waals surface area (Å²) in [4.78, 5) is 16.3. The molecule has 8 nitrogen and oxygen atoms in total. The number of hydrogen-bond donors (Lipinski definition) is 0. The van der Waals surface area contributed by atoms with Crippen LogP contribution in [0, 0.1) is 0 Å². The SMILES string of the molecule is CC(C)n1cnc(S(=O)(=O)N2CC(n3nc(-c4ccc(Cl)cc4)ccc3=O)C2)c1. The van der Waals surface area contributed by atoms with E-state index in [-0.39, 0.29) is 35.8 Å². The third-order valence-corrected chi connectivity index (χ3v) is 6.89. The molecule has 3 aromatic rings. The summed E-state index contributed by atoms with van der Waals surface area (Å²) in [5, 5.41) is 5.06. The first-order chi connectivity index (χ1) is 13.8. The van der Waals surface area contributed by atoms with Gasteiger partial charge < -0.3 is 4.57 Å². The monoisotopic (exact) mass is 433 g/mol. The van der Waals surface area contributed by atoms with Crippen LogP contribution in [-0.2, 0) is 10.0 Å². The molecule has 0 spiro atoms. The van der Waals surface area contributed by atoms with Crippen LogP contribution in [0.1, 0.15) is 25.9 Å². The molecule has 0 amide bonds. The van der Waals surface area contributed by atoms with E-state index in [0.29, 0.717) is 10.7 Å². The molecule has 1 aromatic carbocycles. The van der Waals surface area contributed by atoms with Gasteiger partial charge in [-0.1, -0.05) is 23.7 Å². The smallest absolute Gasteiger partial charge is 0.267 e. The molecule has 0 N–H and O–H groups in total. The summed E-state index contributed by atoms with van der Waals surface area (Å²) >= 11 is 5.92. The molecule has 4 rings (SSSR count). The Morgan fingerprint density at radius 3 is 2.41 bits per heavy atom. The first-order valence-corrected chi connectivity index (χ1v) is 11.0. The molecule has 3 heterocycles. The summed E-state index contributed by atoms with van der Waals surface area (Å²) in [7, 11) is -3.69. The highest BCUT2D eigenvalue weighted by Crippen LogP contribution is 2.27. The molecule has 29 heavy (non-hydrogen) atoms. The lowest BCUT2D eigenvalue weighted by atomic mass is 10.1. The second-order valence-corrected chi connectivity index (χ2v) is 9.56. The van der Waals surface area contributed by atoms with E-state index in [2.05, 4.69) is 10.1 Å². The Morgan fingerprint density at radius 2 is 1.79 bits per heavy atom. The van der Waals surface area contributed by atoms with Gasteiger partial charge in [-0.15, -0.1) is 0 Å². The number of sulfonamides is 1. The Labute approximate surface area is 173 Å². The lowest BCUT2D eigenvalue weighted by Crippen LogP contribution is -2.53. The fourth-order valence-electron chi connectivity index (χ4n) is 3.09. The largest absolute Gasteiger partial charge is 0.334 e. The number of hydrogen-bond acceptors (Lipinski definition) is 5. The molecule has 10 heteroatoms. The predicted molar refractivity (Wildman–Crippen MR) is 109 cm³/mol. The highest BCUT2D eigenvalue weighted by atomic mass is 35.5. The van der Waals surface area contributed by atoms with Crippen LogP contribution in [0.15, 0.2) is 58.7 Å². The van der Waals surface area contributed by atoms with Crippen molar-refractivity contribution in [2.24, 2.45) is 0 Å². The lowest BCUT2D eigenvalue weighted by Gasteiger charge is -2.37. The van der Waals surface area contributed by atoms with Crippen LogP contribution in [0.25, 0.3) is 11.3 Å². The van der Waals surface area contributed by atoms with Crippen molar-refractivity contribution in [3.63, 3.8) is 0 Å². The number of halogens is 1. The van der Waals surface area contributed by atoms with Crippen LogP contribution in [-0.4, -0.2) is 45.1 Å². The Balaban J connectivity index is 1.54.